The van der Waals surface area contributed by atoms with Crippen LogP contribution in [0.15, 0.2) is 24.4 Å². The van der Waals surface area contributed by atoms with Gasteiger partial charge in [-0.15, -0.1) is 0 Å². The molecule has 3 heterocycles. The highest BCUT2D eigenvalue weighted by Crippen LogP contribution is 2.27. The fraction of sp³-hybridized carbons (Fsp3) is 0.600. The van der Waals surface area contributed by atoms with E-state index < -0.39 is 0 Å². The number of hydrogen-bond donors (Lipinski definition) is 2. The Kier molecular flexibility index (Phi) is 4.07. The van der Waals surface area contributed by atoms with E-state index in [1.165, 1.54) is 0 Å². The summed E-state index contributed by atoms with van der Waals surface area (Å²) in [6.45, 7) is 5.30. The summed E-state index contributed by atoms with van der Waals surface area (Å²) in [6.07, 6.45) is 2.73. The maximum Gasteiger partial charge on any atom is 0.317 e. The first-order chi connectivity index (χ1) is 10.2. The molecular weight excluding hydrogens is 266 g/mol. The van der Waals surface area contributed by atoms with Gasteiger partial charge in [-0.05, 0) is 18.6 Å². The molecule has 2 aliphatic rings. The molecule has 2 aliphatic heterocycles. The molecule has 2 amide bonds. The van der Waals surface area contributed by atoms with Crippen LogP contribution in [0.2, 0.25) is 0 Å². The quantitative estimate of drug-likeness (QED) is 0.850. The number of rotatable bonds is 4. The summed E-state index contributed by atoms with van der Waals surface area (Å²) < 4.78 is 0. The number of aromatic nitrogens is 1. The molecule has 2 saturated heterocycles. The molecule has 3 rings (SSSR count). The van der Waals surface area contributed by atoms with Gasteiger partial charge in [0.15, 0.2) is 0 Å². The number of hydrogen-bond acceptors (Lipinski definition) is 4. The molecule has 3 unspecified atom stereocenters. The Labute approximate surface area is 125 Å². The number of nitrogens with two attached hydrogens (primary N) is 1. The number of nitrogens with one attached hydrogen (secondary N) is 1. The molecule has 6 heteroatoms. The summed E-state index contributed by atoms with van der Waals surface area (Å²) >= 11 is 0. The fourth-order valence-corrected chi connectivity index (χ4v) is 3.33. The van der Waals surface area contributed by atoms with Crippen LogP contribution in [0.25, 0.3) is 0 Å². The molecule has 21 heavy (non-hydrogen) atoms. The highest BCUT2D eigenvalue weighted by molar-refractivity contribution is 5.77. The van der Waals surface area contributed by atoms with Gasteiger partial charge in [-0.1, -0.05) is 13.0 Å². The van der Waals surface area contributed by atoms with Crippen molar-refractivity contribution in [2.24, 2.45) is 5.73 Å². The van der Waals surface area contributed by atoms with Crippen LogP contribution in [0.4, 0.5) is 4.79 Å². The van der Waals surface area contributed by atoms with E-state index in [0.717, 1.165) is 38.3 Å². The summed E-state index contributed by atoms with van der Waals surface area (Å²) in [4.78, 5) is 20.5. The number of urea groups is 1. The highest BCUT2D eigenvalue weighted by atomic mass is 16.2. The lowest BCUT2D eigenvalue weighted by molar-refractivity contribution is 0.0748. The predicted molar refractivity (Wildman–Crippen MR) is 80.7 cm³/mol. The van der Waals surface area contributed by atoms with Gasteiger partial charge in [0.05, 0.1) is 17.8 Å². The molecule has 0 spiro atoms. The van der Waals surface area contributed by atoms with Crippen LogP contribution in [-0.2, 0) is 0 Å². The standard InChI is InChI=1S/C15H23N5O/c1-2-12(16)14(13-5-3-4-6-17-13)19-7-8-20-11(10-19)9-18-15(20)21/h3-6,11-12,14H,2,7-10,16H2,1H3,(H,18,21). The molecule has 3 N–H and O–H groups in total. The number of carbonyl (C=O) groups excluding carboxylic acids is 1. The van der Waals surface area contributed by atoms with E-state index in [-0.39, 0.29) is 24.2 Å². The summed E-state index contributed by atoms with van der Waals surface area (Å²) in [5.41, 5.74) is 7.39. The van der Waals surface area contributed by atoms with Crippen molar-refractivity contribution in [3.05, 3.63) is 30.1 Å². The van der Waals surface area contributed by atoms with Gasteiger partial charge in [-0.25, -0.2) is 4.79 Å². The lowest BCUT2D eigenvalue weighted by Gasteiger charge is -2.42. The third-order valence-corrected chi connectivity index (χ3v) is 4.53. The molecule has 3 atom stereocenters. The first kappa shape index (κ1) is 14.3. The second-order valence-corrected chi connectivity index (χ2v) is 5.80. The SMILES string of the molecule is CCC(N)C(c1ccccn1)N1CCN2C(=O)NCC2C1. The normalized spacial score (nSPS) is 25.3. The first-order valence-electron chi connectivity index (χ1n) is 7.65. The monoisotopic (exact) mass is 289 g/mol. The lowest BCUT2D eigenvalue weighted by atomic mass is 9.98. The molecule has 0 bridgehead atoms. The van der Waals surface area contributed by atoms with E-state index in [1.807, 2.05) is 29.3 Å². The zero-order valence-electron chi connectivity index (χ0n) is 12.4. The van der Waals surface area contributed by atoms with Gasteiger partial charge in [-0.2, -0.15) is 0 Å². The average molecular weight is 289 g/mol. The van der Waals surface area contributed by atoms with E-state index >= 15 is 0 Å². The van der Waals surface area contributed by atoms with E-state index in [4.69, 9.17) is 5.73 Å². The fourth-order valence-electron chi connectivity index (χ4n) is 3.33. The summed E-state index contributed by atoms with van der Waals surface area (Å²) in [6, 6.07) is 6.47. The zero-order chi connectivity index (χ0) is 14.8. The molecular formula is C15H23N5O. The topological polar surface area (TPSA) is 74.5 Å². The highest BCUT2D eigenvalue weighted by Gasteiger charge is 2.39. The Hall–Kier alpha value is -1.66. The maximum atomic E-state index is 11.7. The van der Waals surface area contributed by atoms with Crippen LogP contribution in [-0.4, -0.2) is 59.1 Å². The van der Waals surface area contributed by atoms with Crippen LogP contribution >= 0.6 is 0 Å². The number of pyridine rings is 1. The molecule has 0 radical (unpaired) electrons. The van der Waals surface area contributed by atoms with Crippen LogP contribution in [0.1, 0.15) is 25.1 Å². The van der Waals surface area contributed by atoms with Crippen molar-refractivity contribution in [1.29, 1.82) is 0 Å². The summed E-state index contributed by atoms with van der Waals surface area (Å²) in [5, 5.41) is 2.92. The maximum absolute atomic E-state index is 11.7. The van der Waals surface area contributed by atoms with Gasteiger partial charge in [0.1, 0.15) is 0 Å². The first-order valence-corrected chi connectivity index (χ1v) is 7.65. The average Bonchev–Trinajstić information content (AvgIpc) is 2.89. The van der Waals surface area contributed by atoms with Gasteiger partial charge in [-0.3, -0.25) is 9.88 Å². The van der Waals surface area contributed by atoms with Crippen LogP contribution in [0.5, 0.6) is 0 Å². The third kappa shape index (κ3) is 2.73. The molecule has 0 saturated carbocycles. The Morgan fingerprint density at radius 3 is 3.05 bits per heavy atom. The van der Waals surface area contributed by atoms with Crippen molar-refractivity contribution in [2.45, 2.75) is 31.5 Å². The molecule has 0 aromatic carbocycles. The largest absolute Gasteiger partial charge is 0.336 e. The second-order valence-electron chi connectivity index (χ2n) is 5.80. The summed E-state index contributed by atoms with van der Waals surface area (Å²) in [5.74, 6) is 0. The number of piperazine rings is 1. The third-order valence-electron chi connectivity index (χ3n) is 4.53. The van der Waals surface area contributed by atoms with Crippen molar-refractivity contribution < 1.29 is 4.79 Å². The molecule has 114 valence electrons. The van der Waals surface area contributed by atoms with Gasteiger partial charge in [0.25, 0.3) is 0 Å². The Morgan fingerprint density at radius 2 is 2.33 bits per heavy atom. The van der Waals surface area contributed by atoms with Crippen LogP contribution < -0.4 is 11.1 Å². The van der Waals surface area contributed by atoms with E-state index in [2.05, 4.69) is 22.1 Å². The molecule has 6 nitrogen and oxygen atoms in total. The minimum absolute atomic E-state index is 0.0523. The Morgan fingerprint density at radius 1 is 1.48 bits per heavy atom. The van der Waals surface area contributed by atoms with Crippen LogP contribution in [0, 0.1) is 0 Å². The predicted octanol–water partition coefficient (Wildman–Crippen LogP) is 0.569. The lowest BCUT2D eigenvalue weighted by Crippen LogP contribution is -2.55. The van der Waals surface area contributed by atoms with E-state index in [0.29, 0.717) is 0 Å². The Balaban J connectivity index is 1.80. The summed E-state index contributed by atoms with van der Waals surface area (Å²) in [7, 11) is 0. The van der Waals surface area contributed by atoms with Crippen molar-refractivity contribution >= 4 is 6.03 Å². The van der Waals surface area contributed by atoms with Gasteiger partial charge < -0.3 is 16.0 Å². The van der Waals surface area contributed by atoms with Gasteiger partial charge >= 0.3 is 6.03 Å². The molecule has 2 fully saturated rings. The molecule has 0 aliphatic carbocycles. The number of fused-ring (bicyclic) bond motifs is 1. The minimum Gasteiger partial charge on any atom is -0.336 e. The van der Waals surface area contributed by atoms with Crippen LogP contribution in [0.3, 0.4) is 0 Å². The van der Waals surface area contributed by atoms with Crippen molar-refractivity contribution in [3.63, 3.8) is 0 Å². The second kappa shape index (κ2) is 5.99. The van der Waals surface area contributed by atoms with Crippen molar-refractivity contribution in [1.82, 2.24) is 20.1 Å². The molecule has 1 aromatic rings. The Bertz CT molecular complexity index is 494. The molecule has 1 aromatic heterocycles. The smallest absolute Gasteiger partial charge is 0.317 e. The zero-order valence-corrected chi connectivity index (χ0v) is 12.4. The van der Waals surface area contributed by atoms with Gasteiger partial charge in [0.2, 0.25) is 0 Å². The van der Waals surface area contributed by atoms with Crippen molar-refractivity contribution in [2.75, 3.05) is 26.2 Å². The van der Waals surface area contributed by atoms with Crippen molar-refractivity contribution in [3.8, 4) is 0 Å². The number of carbonyl (C=O) groups is 1. The number of nitrogens with zero attached hydrogens (tertiary/aromatic N) is 3. The minimum atomic E-state index is 0.0523. The van der Waals surface area contributed by atoms with E-state index in [1.54, 1.807) is 0 Å². The van der Waals surface area contributed by atoms with Gasteiger partial charge in [0, 0.05) is 38.4 Å². The van der Waals surface area contributed by atoms with E-state index in [9.17, 15) is 4.79 Å². The number of amides is 2.